The number of aromatic nitrogens is 2. The third kappa shape index (κ3) is 4.74. The van der Waals surface area contributed by atoms with Crippen LogP contribution in [0.3, 0.4) is 0 Å². The highest BCUT2D eigenvalue weighted by Crippen LogP contribution is 2.34. The lowest BCUT2D eigenvalue weighted by atomic mass is 10.1. The lowest BCUT2D eigenvalue weighted by Crippen LogP contribution is -2.15. The summed E-state index contributed by atoms with van der Waals surface area (Å²) in [6.45, 7) is 0. The van der Waals surface area contributed by atoms with Gasteiger partial charge in [-0.2, -0.15) is 10.5 Å². The van der Waals surface area contributed by atoms with Gasteiger partial charge in [0.05, 0.1) is 31.6 Å². The second-order valence-corrected chi connectivity index (χ2v) is 7.14. The molecule has 0 aliphatic rings. The number of hydrogen-bond acceptors (Lipinski definition) is 8. The average Bonchev–Trinajstić information content (AvgIpc) is 2.81. The molecule has 2 aromatic carbocycles. The third-order valence-corrected chi connectivity index (χ3v) is 5.22. The van der Waals surface area contributed by atoms with E-state index in [1.807, 2.05) is 12.1 Å². The fourth-order valence-electron chi connectivity index (χ4n) is 2.77. The number of hydrogen-bond donors (Lipinski definition) is 1. The Bertz CT molecular complexity index is 1270. The van der Waals surface area contributed by atoms with Crippen molar-refractivity contribution in [3.05, 3.63) is 69.5 Å². The van der Waals surface area contributed by atoms with Gasteiger partial charge in [0.15, 0.2) is 10.9 Å². The van der Waals surface area contributed by atoms with Crippen LogP contribution in [0.4, 0.5) is 0 Å². The average molecular weight is 432 g/mol. The second-order valence-electron chi connectivity index (χ2n) is 6.17. The van der Waals surface area contributed by atoms with Crippen molar-refractivity contribution in [1.29, 1.82) is 10.5 Å². The molecule has 0 aliphatic heterocycles. The Labute approximate surface area is 182 Å². The predicted molar refractivity (Wildman–Crippen MR) is 114 cm³/mol. The number of nitriles is 2. The number of ether oxygens (including phenoxy) is 2. The van der Waals surface area contributed by atoms with E-state index in [4.69, 9.17) is 14.7 Å². The van der Waals surface area contributed by atoms with Gasteiger partial charge in [-0.05, 0) is 30.3 Å². The van der Waals surface area contributed by atoms with E-state index in [0.29, 0.717) is 28.2 Å². The van der Waals surface area contributed by atoms with Gasteiger partial charge in [-0.15, -0.1) is 0 Å². The molecule has 3 rings (SSSR count). The zero-order chi connectivity index (χ0) is 22.4. The van der Waals surface area contributed by atoms with E-state index >= 15 is 0 Å². The van der Waals surface area contributed by atoms with E-state index in [-0.39, 0.29) is 27.9 Å². The number of nitrogens with zero attached hydrogens (tertiary/aromatic N) is 3. The first-order valence-corrected chi connectivity index (χ1v) is 9.92. The van der Waals surface area contributed by atoms with E-state index < -0.39 is 5.56 Å². The van der Waals surface area contributed by atoms with Crippen molar-refractivity contribution in [2.45, 2.75) is 5.16 Å². The minimum atomic E-state index is -0.620. The molecule has 0 saturated carbocycles. The highest BCUT2D eigenvalue weighted by Gasteiger charge is 2.19. The van der Waals surface area contributed by atoms with Crippen LogP contribution >= 0.6 is 11.8 Å². The van der Waals surface area contributed by atoms with Gasteiger partial charge in [0.1, 0.15) is 28.8 Å². The largest absolute Gasteiger partial charge is 0.497 e. The van der Waals surface area contributed by atoms with E-state index in [1.54, 1.807) is 42.5 Å². The summed E-state index contributed by atoms with van der Waals surface area (Å²) >= 11 is 1.04. The van der Waals surface area contributed by atoms with Crippen LogP contribution in [0.2, 0.25) is 0 Å². The van der Waals surface area contributed by atoms with Crippen molar-refractivity contribution >= 4 is 17.5 Å². The quantitative estimate of drug-likeness (QED) is 0.342. The molecule has 0 spiro atoms. The summed E-state index contributed by atoms with van der Waals surface area (Å²) in [6.07, 6.45) is 0. The number of benzene rings is 2. The van der Waals surface area contributed by atoms with E-state index in [0.717, 1.165) is 11.8 Å². The molecule has 0 radical (unpaired) electrons. The Balaban J connectivity index is 1.94. The van der Waals surface area contributed by atoms with Crippen LogP contribution < -0.4 is 15.0 Å². The lowest BCUT2D eigenvalue weighted by Gasteiger charge is -2.12. The van der Waals surface area contributed by atoms with Gasteiger partial charge < -0.3 is 14.5 Å². The Hall–Kier alpha value is -4.08. The molecule has 154 valence electrons. The second kappa shape index (κ2) is 9.61. The zero-order valence-corrected chi connectivity index (χ0v) is 17.4. The third-order valence-electron chi connectivity index (χ3n) is 4.35. The predicted octanol–water partition coefficient (Wildman–Crippen LogP) is 3.17. The molecule has 31 heavy (non-hydrogen) atoms. The molecule has 9 heteroatoms. The van der Waals surface area contributed by atoms with Crippen molar-refractivity contribution in [2.75, 3.05) is 20.0 Å². The first-order valence-electron chi connectivity index (χ1n) is 8.93. The minimum absolute atomic E-state index is 0.00935. The number of methoxy groups -OCH3 is 2. The van der Waals surface area contributed by atoms with Gasteiger partial charge in [-0.1, -0.05) is 23.9 Å². The normalized spacial score (nSPS) is 10.1. The number of Topliss-reactive ketones (excluding diaryl/α,β-unsaturated/α-hetero) is 1. The van der Waals surface area contributed by atoms with Crippen LogP contribution in [-0.4, -0.2) is 35.7 Å². The first-order chi connectivity index (χ1) is 15.0. The molecule has 0 saturated heterocycles. The maximum atomic E-state index is 12.5. The molecule has 0 unspecified atom stereocenters. The van der Waals surface area contributed by atoms with Gasteiger partial charge in [-0.3, -0.25) is 9.59 Å². The molecule has 0 bridgehead atoms. The summed E-state index contributed by atoms with van der Waals surface area (Å²) in [5.41, 5.74) is 0.663. The van der Waals surface area contributed by atoms with E-state index in [2.05, 4.69) is 9.97 Å². The topological polar surface area (TPSA) is 129 Å². The number of aromatic amines is 1. The zero-order valence-electron chi connectivity index (χ0n) is 16.6. The summed E-state index contributed by atoms with van der Waals surface area (Å²) in [4.78, 5) is 31.9. The first kappa shape index (κ1) is 21.6. The lowest BCUT2D eigenvalue weighted by molar-refractivity contribution is 0.102. The van der Waals surface area contributed by atoms with Crippen LogP contribution in [0.5, 0.6) is 11.5 Å². The summed E-state index contributed by atoms with van der Waals surface area (Å²) in [7, 11) is 2.97. The van der Waals surface area contributed by atoms with Gasteiger partial charge in [0.25, 0.3) is 5.56 Å². The fraction of sp³-hybridized carbons (Fsp3) is 0.136. The summed E-state index contributed by atoms with van der Waals surface area (Å²) in [5, 5.41) is 18.5. The fourth-order valence-corrected chi connectivity index (χ4v) is 3.52. The molecular formula is C22H16N4O4S. The standard InChI is InChI=1S/C22H16N4O4S/c1-29-15-7-8-19(30-2)16(9-15)20-17(11-24)21(28)26-22(25-20)31-12-18(27)14-5-3-13(10-23)4-6-14/h3-9H,12H2,1-2H3,(H,25,26,28). The number of ketones is 1. The van der Waals surface area contributed by atoms with Gasteiger partial charge in [0.2, 0.25) is 0 Å². The van der Waals surface area contributed by atoms with Crippen LogP contribution in [0.25, 0.3) is 11.3 Å². The summed E-state index contributed by atoms with van der Waals surface area (Å²) < 4.78 is 10.6. The number of carbonyl (C=O) groups is 1. The van der Waals surface area contributed by atoms with Crippen molar-refractivity contribution < 1.29 is 14.3 Å². The Kier molecular flexibility index (Phi) is 6.71. The van der Waals surface area contributed by atoms with Gasteiger partial charge >= 0.3 is 0 Å². The van der Waals surface area contributed by atoms with E-state index in [9.17, 15) is 14.9 Å². The SMILES string of the molecule is COc1ccc(OC)c(-c2nc(SCC(=O)c3ccc(C#N)cc3)[nH]c(=O)c2C#N)c1. The molecule has 3 aromatic rings. The van der Waals surface area contributed by atoms with Crippen LogP contribution in [-0.2, 0) is 0 Å². The van der Waals surface area contributed by atoms with E-state index in [1.165, 1.54) is 14.2 Å². The number of thioether (sulfide) groups is 1. The molecule has 0 fully saturated rings. The highest BCUT2D eigenvalue weighted by molar-refractivity contribution is 7.99. The van der Waals surface area contributed by atoms with Crippen LogP contribution in [0, 0.1) is 22.7 Å². The smallest absolute Gasteiger partial charge is 0.270 e. The molecule has 0 amide bonds. The summed E-state index contributed by atoms with van der Waals surface area (Å²) in [5.74, 6) is 0.740. The Morgan fingerprint density at radius 1 is 1.10 bits per heavy atom. The number of rotatable bonds is 7. The monoisotopic (exact) mass is 432 g/mol. The molecule has 0 atom stereocenters. The maximum absolute atomic E-state index is 12.5. The van der Waals surface area contributed by atoms with Gasteiger partial charge in [0, 0.05) is 11.1 Å². The maximum Gasteiger partial charge on any atom is 0.270 e. The summed E-state index contributed by atoms with van der Waals surface area (Å²) in [6, 6.07) is 15.1. The van der Waals surface area contributed by atoms with Crippen molar-refractivity contribution in [2.24, 2.45) is 0 Å². The molecule has 1 heterocycles. The highest BCUT2D eigenvalue weighted by atomic mass is 32.2. The molecule has 1 N–H and O–H groups in total. The number of nitrogens with one attached hydrogen (secondary N) is 1. The van der Waals surface area contributed by atoms with Crippen LogP contribution in [0.1, 0.15) is 21.5 Å². The van der Waals surface area contributed by atoms with Crippen LogP contribution in [0.15, 0.2) is 52.4 Å². The molecule has 8 nitrogen and oxygen atoms in total. The van der Waals surface area contributed by atoms with Crippen molar-refractivity contribution in [1.82, 2.24) is 9.97 Å². The number of H-pyrrole nitrogens is 1. The van der Waals surface area contributed by atoms with Crippen molar-refractivity contribution in [3.63, 3.8) is 0 Å². The molecular weight excluding hydrogens is 416 g/mol. The Morgan fingerprint density at radius 2 is 1.84 bits per heavy atom. The minimum Gasteiger partial charge on any atom is -0.497 e. The molecule has 0 aliphatic carbocycles. The Morgan fingerprint density at radius 3 is 2.45 bits per heavy atom. The number of carbonyl (C=O) groups excluding carboxylic acids is 1. The van der Waals surface area contributed by atoms with Gasteiger partial charge in [-0.25, -0.2) is 4.98 Å². The molecule has 1 aromatic heterocycles. The van der Waals surface area contributed by atoms with Crippen molar-refractivity contribution in [3.8, 4) is 34.9 Å².